The van der Waals surface area contributed by atoms with Gasteiger partial charge in [-0.25, -0.2) is 0 Å². The Balaban J connectivity index is 2.02. The first kappa shape index (κ1) is 11.3. The standard InChI is InChI=1S/C12H13N5S/c1-2-11-14-15-12-17(11)16-10(7-18-12)8-3-5-9(13)6-4-8/h3-6H,2,7,13H2,1H3. The number of nitrogens with two attached hydrogens (primary N) is 1. The molecule has 0 spiro atoms. The Morgan fingerprint density at radius 2 is 2.06 bits per heavy atom. The van der Waals surface area contributed by atoms with Crippen LogP contribution in [0.1, 0.15) is 18.3 Å². The van der Waals surface area contributed by atoms with Gasteiger partial charge in [-0.2, -0.15) is 9.78 Å². The van der Waals surface area contributed by atoms with Crippen LogP contribution in [0.2, 0.25) is 0 Å². The summed E-state index contributed by atoms with van der Waals surface area (Å²) in [6, 6.07) is 7.78. The van der Waals surface area contributed by atoms with Crippen molar-refractivity contribution in [2.24, 2.45) is 5.10 Å². The predicted molar refractivity (Wildman–Crippen MR) is 72.9 cm³/mol. The molecule has 0 fully saturated rings. The van der Waals surface area contributed by atoms with E-state index in [0.717, 1.165) is 40.1 Å². The van der Waals surface area contributed by atoms with E-state index in [1.165, 1.54) is 0 Å². The number of hydrogen-bond acceptors (Lipinski definition) is 5. The molecule has 3 rings (SSSR count). The summed E-state index contributed by atoms with van der Waals surface area (Å²) in [5, 5.41) is 13.7. The van der Waals surface area contributed by atoms with Crippen LogP contribution in [0.5, 0.6) is 0 Å². The summed E-state index contributed by atoms with van der Waals surface area (Å²) in [4.78, 5) is 0. The first-order chi connectivity index (χ1) is 8.78. The van der Waals surface area contributed by atoms with Gasteiger partial charge in [-0.05, 0) is 17.7 Å². The Kier molecular flexibility index (Phi) is 2.79. The minimum Gasteiger partial charge on any atom is -0.399 e. The lowest BCUT2D eigenvalue weighted by Crippen LogP contribution is -2.14. The second-order valence-corrected chi connectivity index (χ2v) is 4.96. The second kappa shape index (κ2) is 4.45. The summed E-state index contributed by atoms with van der Waals surface area (Å²) in [6.45, 7) is 2.05. The molecule has 0 atom stereocenters. The summed E-state index contributed by atoms with van der Waals surface area (Å²) in [6.07, 6.45) is 0.825. The molecule has 2 N–H and O–H groups in total. The van der Waals surface area contributed by atoms with E-state index in [4.69, 9.17) is 5.73 Å². The largest absolute Gasteiger partial charge is 0.399 e. The monoisotopic (exact) mass is 259 g/mol. The molecule has 0 saturated carbocycles. The Bertz CT molecular complexity index is 599. The van der Waals surface area contributed by atoms with Crippen LogP contribution in [0, 0.1) is 0 Å². The molecule has 0 aliphatic carbocycles. The van der Waals surface area contributed by atoms with Crippen molar-refractivity contribution in [1.82, 2.24) is 14.9 Å². The van der Waals surface area contributed by atoms with Gasteiger partial charge in [-0.15, -0.1) is 10.2 Å². The van der Waals surface area contributed by atoms with Crippen LogP contribution in [-0.4, -0.2) is 26.3 Å². The van der Waals surface area contributed by atoms with Crippen LogP contribution >= 0.6 is 11.8 Å². The van der Waals surface area contributed by atoms with Gasteiger partial charge in [0, 0.05) is 17.9 Å². The first-order valence-electron chi connectivity index (χ1n) is 5.79. The van der Waals surface area contributed by atoms with E-state index in [0.29, 0.717) is 0 Å². The molecule has 1 aliphatic heterocycles. The molecule has 1 aromatic carbocycles. The summed E-state index contributed by atoms with van der Waals surface area (Å²) >= 11 is 1.66. The maximum Gasteiger partial charge on any atom is 0.212 e. The van der Waals surface area contributed by atoms with Gasteiger partial charge in [-0.3, -0.25) is 0 Å². The molecule has 2 aromatic rings. The third-order valence-corrected chi connectivity index (χ3v) is 3.73. The van der Waals surface area contributed by atoms with E-state index in [1.807, 2.05) is 28.9 Å². The van der Waals surface area contributed by atoms with Gasteiger partial charge in [0.25, 0.3) is 0 Å². The fourth-order valence-electron chi connectivity index (χ4n) is 1.81. The Morgan fingerprint density at radius 1 is 1.28 bits per heavy atom. The number of nitrogens with zero attached hydrogens (tertiary/aromatic N) is 4. The Morgan fingerprint density at radius 3 is 2.78 bits per heavy atom. The average molecular weight is 259 g/mol. The molecule has 6 heteroatoms. The maximum atomic E-state index is 5.69. The van der Waals surface area contributed by atoms with Crippen LogP contribution in [0.4, 0.5) is 5.69 Å². The third-order valence-electron chi connectivity index (χ3n) is 2.80. The van der Waals surface area contributed by atoms with Crippen molar-refractivity contribution < 1.29 is 0 Å². The highest BCUT2D eigenvalue weighted by molar-refractivity contribution is 7.99. The third kappa shape index (κ3) is 1.88. The number of nitrogen functional groups attached to an aromatic ring is 1. The van der Waals surface area contributed by atoms with Crippen molar-refractivity contribution >= 4 is 23.2 Å². The van der Waals surface area contributed by atoms with E-state index < -0.39 is 0 Å². The van der Waals surface area contributed by atoms with E-state index >= 15 is 0 Å². The fourth-order valence-corrected chi connectivity index (χ4v) is 2.66. The summed E-state index contributed by atoms with van der Waals surface area (Å²) in [5.41, 5.74) is 8.58. The molecular formula is C12H13N5S. The minimum absolute atomic E-state index is 0.766. The smallest absolute Gasteiger partial charge is 0.212 e. The normalized spacial score (nSPS) is 14.2. The summed E-state index contributed by atoms with van der Waals surface area (Å²) < 4.78 is 1.83. The molecule has 0 radical (unpaired) electrons. The van der Waals surface area contributed by atoms with Gasteiger partial charge in [0.1, 0.15) is 0 Å². The molecule has 1 aliphatic rings. The lowest BCUT2D eigenvalue weighted by molar-refractivity contribution is 0.714. The quantitative estimate of drug-likeness (QED) is 0.835. The zero-order chi connectivity index (χ0) is 12.5. The number of anilines is 1. The number of aromatic nitrogens is 3. The molecule has 0 bridgehead atoms. The topological polar surface area (TPSA) is 69.1 Å². The molecule has 0 saturated heterocycles. The molecule has 92 valence electrons. The maximum absolute atomic E-state index is 5.69. The van der Waals surface area contributed by atoms with Gasteiger partial charge >= 0.3 is 0 Å². The SMILES string of the molecule is CCc1nnc2n1N=C(c1ccc(N)cc1)CS2. The van der Waals surface area contributed by atoms with Crippen molar-refractivity contribution in [1.29, 1.82) is 0 Å². The van der Waals surface area contributed by atoms with Crippen LogP contribution in [-0.2, 0) is 6.42 Å². The highest BCUT2D eigenvalue weighted by atomic mass is 32.2. The van der Waals surface area contributed by atoms with E-state index in [2.05, 4.69) is 22.2 Å². The van der Waals surface area contributed by atoms with Gasteiger partial charge in [0.15, 0.2) is 5.82 Å². The first-order valence-corrected chi connectivity index (χ1v) is 6.77. The molecule has 1 aromatic heterocycles. The van der Waals surface area contributed by atoms with Gasteiger partial charge < -0.3 is 5.73 Å². The number of benzene rings is 1. The van der Waals surface area contributed by atoms with Crippen molar-refractivity contribution in [3.8, 4) is 0 Å². The predicted octanol–water partition coefficient (Wildman–Crippen LogP) is 1.78. The minimum atomic E-state index is 0.766. The highest BCUT2D eigenvalue weighted by Crippen LogP contribution is 2.24. The average Bonchev–Trinajstić information content (AvgIpc) is 2.81. The summed E-state index contributed by atoms with van der Waals surface area (Å²) in [7, 11) is 0. The molecule has 2 heterocycles. The lowest BCUT2D eigenvalue weighted by atomic mass is 10.1. The van der Waals surface area contributed by atoms with Crippen molar-refractivity contribution in [3.05, 3.63) is 35.7 Å². The molecular weight excluding hydrogens is 246 g/mol. The number of thioether (sulfide) groups is 1. The molecule has 18 heavy (non-hydrogen) atoms. The van der Waals surface area contributed by atoms with Gasteiger partial charge in [0.05, 0.1) is 5.71 Å². The molecule has 0 amide bonds. The van der Waals surface area contributed by atoms with Crippen LogP contribution in [0.3, 0.4) is 0 Å². The van der Waals surface area contributed by atoms with E-state index in [1.54, 1.807) is 11.8 Å². The Labute approximate surface area is 109 Å². The Hall–Kier alpha value is -1.82. The van der Waals surface area contributed by atoms with Gasteiger partial charge in [0.2, 0.25) is 5.16 Å². The number of fused-ring (bicyclic) bond motifs is 1. The van der Waals surface area contributed by atoms with Crippen LogP contribution in [0.25, 0.3) is 0 Å². The lowest BCUT2D eigenvalue weighted by Gasteiger charge is -2.13. The fraction of sp³-hybridized carbons (Fsp3) is 0.250. The van der Waals surface area contributed by atoms with Crippen LogP contribution in [0.15, 0.2) is 34.5 Å². The van der Waals surface area contributed by atoms with Crippen molar-refractivity contribution in [2.75, 3.05) is 11.5 Å². The number of rotatable bonds is 2. The van der Waals surface area contributed by atoms with Crippen molar-refractivity contribution in [3.63, 3.8) is 0 Å². The molecule has 5 nitrogen and oxygen atoms in total. The highest BCUT2D eigenvalue weighted by Gasteiger charge is 2.18. The molecule has 0 unspecified atom stereocenters. The zero-order valence-corrected chi connectivity index (χ0v) is 10.8. The van der Waals surface area contributed by atoms with Gasteiger partial charge in [-0.1, -0.05) is 30.8 Å². The van der Waals surface area contributed by atoms with Crippen LogP contribution < -0.4 is 5.73 Å². The van der Waals surface area contributed by atoms with Crippen molar-refractivity contribution in [2.45, 2.75) is 18.5 Å². The summed E-state index contributed by atoms with van der Waals surface area (Å²) in [5.74, 6) is 1.70. The number of hydrogen-bond donors (Lipinski definition) is 1. The van der Waals surface area contributed by atoms with E-state index in [-0.39, 0.29) is 0 Å². The second-order valence-electron chi connectivity index (χ2n) is 4.02. The number of aryl methyl sites for hydroxylation is 1. The zero-order valence-electron chi connectivity index (χ0n) is 10.00. The van der Waals surface area contributed by atoms with E-state index in [9.17, 15) is 0 Å².